The third-order valence-electron chi connectivity index (χ3n) is 3.79. The maximum absolute atomic E-state index is 12.8. The molecule has 7 nitrogen and oxygen atoms in total. The smallest absolute Gasteiger partial charge is 0.265 e. The van der Waals surface area contributed by atoms with Crippen LogP contribution < -0.4 is 14.8 Å². The monoisotopic (exact) mass is 371 g/mol. The Hall–Kier alpha value is -3.13. The molecule has 2 aromatic carbocycles. The first-order chi connectivity index (χ1) is 12.4. The zero-order valence-electron chi connectivity index (χ0n) is 14.2. The van der Waals surface area contributed by atoms with E-state index in [1.807, 2.05) is 24.3 Å². The summed E-state index contributed by atoms with van der Waals surface area (Å²) in [5, 5.41) is 3.27. The van der Waals surface area contributed by atoms with Crippen LogP contribution in [0.2, 0.25) is 0 Å². The van der Waals surface area contributed by atoms with Gasteiger partial charge in [-0.2, -0.15) is 0 Å². The number of carbonyl (C=O) groups excluding carboxylic acids is 1. The third-order valence-corrected chi connectivity index (χ3v) is 5.19. The molecule has 3 aromatic rings. The number of sulfonamides is 1. The Morgan fingerprint density at radius 3 is 2.62 bits per heavy atom. The van der Waals surface area contributed by atoms with Crippen molar-refractivity contribution in [2.24, 2.45) is 0 Å². The number of para-hydroxylation sites is 1. The molecule has 134 valence electrons. The van der Waals surface area contributed by atoms with Gasteiger partial charge in [-0.25, -0.2) is 8.42 Å². The van der Waals surface area contributed by atoms with E-state index >= 15 is 0 Å². The summed E-state index contributed by atoms with van der Waals surface area (Å²) in [7, 11) is -1.15. The Bertz CT molecular complexity index is 1080. The number of amides is 1. The van der Waals surface area contributed by atoms with E-state index in [0.717, 1.165) is 10.9 Å². The molecule has 0 radical (unpaired) electrons. The lowest BCUT2D eigenvalue weighted by Crippen LogP contribution is -2.19. The first-order valence-corrected chi connectivity index (χ1v) is 9.20. The van der Waals surface area contributed by atoms with Gasteiger partial charge >= 0.3 is 0 Å². The van der Waals surface area contributed by atoms with Gasteiger partial charge in [0.2, 0.25) is 0 Å². The number of nitrogens with zero attached hydrogens (tertiary/aromatic N) is 1. The number of rotatable bonds is 5. The standard InChI is InChI=1S/C18H17N3O4S/c1-19-18(22)13-7-8-16(25-2)17(10-13)26(23,24)21-14-9-12-5-3-4-6-15(12)20-11-14/h3-11,21H,1-2H3,(H,19,22). The normalized spacial score (nSPS) is 11.2. The number of pyridine rings is 1. The minimum atomic E-state index is -3.98. The van der Waals surface area contributed by atoms with Gasteiger partial charge in [0.15, 0.2) is 0 Å². The van der Waals surface area contributed by atoms with Crippen molar-refractivity contribution in [3.05, 3.63) is 60.3 Å². The molecule has 0 aliphatic rings. The summed E-state index contributed by atoms with van der Waals surface area (Å²) >= 11 is 0. The number of nitrogens with one attached hydrogen (secondary N) is 2. The van der Waals surface area contributed by atoms with Gasteiger partial charge in [-0.15, -0.1) is 0 Å². The van der Waals surface area contributed by atoms with Crippen LogP contribution in [0.5, 0.6) is 5.75 Å². The molecule has 0 aliphatic carbocycles. The van der Waals surface area contributed by atoms with E-state index in [1.54, 1.807) is 6.07 Å². The predicted octanol–water partition coefficient (Wildman–Crippen LogP) is 2.40. The number of ether oxygens (including phenoxy) is 1. The highest BCUT2D eigenvalue weighted by Gasteiger charge is 2.22. The summed E-state index contributed by atoms with van der Waals surface area (Å²) in [4.78, 5) is 15.9. The molecule has 0 aliphatic heterocycles. The number of carbonyl (C=O) groups is 1. The largest absolute Gasteiger partial charge is 0.495 e. The van der Waals surface area contributed by atoms with Crippen LogP contribution in [0.3, 0.4) is 0 Å². The van der Waals surface area contributed by atoms with Gasteiger partial charge in [-0.1, -0.05) is 18.2 Å². The van der Waals surface area contributed by atoms with Crippen molar-refractivity contribution in [2.75, 3.05) is 18.9 Å². The Morgan fingerprint density at radius 2 is 1.88 bits per heavy atom. The summed E-state index contributed by atoms with van der Waals surface area (Å²) in [6.45, 7) is 0. The van der Waals surface area contributed by atoms with Crippen LogP contribution >= 0.6 is 0 Å². The lowest BCUT2D eigenvalue weighted by Gasteiger charge is -2.13. The van der Waals surface area contributed by atoms with Crippen molar-refractivity contribution in [3.8, 4) is 5.75 Å². The maximum Gasteiger partial charge on any atom is 0.265 e. The lowest BCUT2D eigenvalue weighted by molar-refractivity contribution is 0.0963. The van der Waals surface area contributed by atoms with Crippen LogP contribution in [-0.2, 0) is 10.0 Å². The second-order valence-electron chi connectivity index (χ2n) is 5.47. The average molecular weight is 371 g/mol. The quantitative estimate of drug-likeness (QED) is 0.718. The molecule has 0 atom stereocenters. The number of hydrogen-bond donors (Lipinski definition) is 2. The van der Waals surface area contributed by atoms with E-state index in [1.165, 1.54) is 38.6 Å². The Balaban J connectivity index is 2.02. The van der Waals surface area contributed by atoms with Crippen LogP contribution in [0.15, 0.2) is 59.6 Å². The summed E-state index contributed by atoms with van der Waals surface area (Å²) in [6.07, 6.45) is 1.44. The highest BCUT2D eigenvalue weighted by Crippen LogP contribution is 2.27. The van der Waals surface area contributed by atoms with Crippen molar-refractivity contribution in [2.45, 2.75) is 4.90 Å². The first kappa shape index (κ1) is 17.7. The minimum absolute atomic E-state index is 0.130. The minimum Gasteiger partial charge on any atom is -0.495 e. The summed E-state index contributed by atoms with van der Waals surface area (Å²) in [6, 6.07) is 13.3. The molecule has 8 heteroatoms. The van der Waals surface area contributed by atoms with Gasteiger partial charge in [0.05, 0.1) is 24.5 Å². The zero-order valence-corrected chi connectivity index (χ0v) is 15.0. The number of methoxy groups -OCH3 is 1. The Morgan fingerprint density at radius 1 is 1.12 bits per heavy atom. The van der Waals surface area contributed by atoms with Crippen LogP contribution in [-0.4, -0.2) is 33.5 Å². The molecule has 0 bridgehead atoms. The second kappa shape index (κ2) is 7.01. The van der Waals surface area contributed by atoms with Gasteiger partial charge < -0.3 is 10.1 Å². The Kier molecular flexibility index (Phi) is 4.77. The van der Waals surface area contributed by atoms with Crippen molar-refractivity contribution < 1.29 is 17.9 Å². The lowest BCUT2D eigenvalue weighted by atomic mass is 10.2. The predicted molar refractivity (Wildman–Crippen MR) is 98.9 cm³/mol. The van der Waals surface area contributed by atoms with Gasteiger partial charge in [0.1, 0.15) is 10.6 Å². The highest BCUT2D eigenvalue weighted by molar-refractivity contribution is 7.92. The number of aromatic nitrogens is 1. The van der Waals surface area contributed by atoms with E-state index in [9.17, 15) is 13.2 Å². The van der Waals surface area contributed by atoms with E-state index in [2.05, 4.69) is 15.0 Å². The van der Waals surface area contributed by atoms with E-state index in [-0.39, 0.29) is 16.2 Å². The molecule has 26 heavy (non-hydrogen) atoms. The van der Waals surface area contributed by atoms with Gasteiger partial charge in [0, 0.05) is 18.0 Å². The van der Waals surface area contributed by atoms with E-state index in [0.29, 0.717) is 5.69 Å². The molecule has 0 spiro atoms. The van der Waals surface area contributed by atoms with Gasteiger partial charge in [-0.05, 0) is 30.3 Å². The second-order valence-corrected chi connectivity index (χ2v) is 7.12. The first-order valence-electron chi connectivity index (χ1n) is 7.72. The van der Waals surface area contributed by atoms with Crippen molar-refractivity contribution in [1.29, 1.82) is 0 Å². The van der Waals surface area contributed by atoms with Crippen LogP contribution in [0.25, 0.3) is 10.9 Å². The molecule has 0 unspecified atom stereocenters. The van der Waals surface area contributed by atoms with Crippen LogP contribution in [0.1, 0.15) is 10.4 Å². The SMILES string of the molecule is CNC(=O)c1ccc(OC)c(S(=O)(=O)Nc2cnc3ccccc3c2)c1. The third kappa shape index (κ3) is 3.45. The van der Waals surface area contributed by atoms with Gasteiger partial charge in [0.25, 0.3) is 15.9 Å². The summed E-state index contributed by atoms with van der Waals surface area (Å²) in [5.41, 5.74) is 1.29. The molecule has 3 rings (SSSR count). The zero-order chi connectivity index (χ0) is 18.7. The molecular weight excluding hydrogens is 354 g/mol. The summed E-state index contributed by atoms with van der Waals surface area (Å²) < 4.78 is 33.3. The molecule has 0 fully saturated rings. The molecule has 1 heterocycles. The molecular formula is C18H17N3O4S. The Labute approximate surface area is 151 Å². The molecule has 2 N–H and O–H groups in total. The van der Waals surface area contributed by atoms with Gasteiger partial charge in [-0.3, -0.25) is 14.5 Å². The number of anilines is 1. The topological polar surface area (TPSA) is 97.4 Å². The fraction of sp³-hybridized carbons (Fsp3) is 0.111. The number of fused-ring (bicyclic) bond motifs is 1. The highest BCUT2D eigenvalue weighted by atomic mass is 32.2. The summed E-state index contributed by atoms with van der Waals surface area (Å²) in [5.74, 6) is -0.254. The van der Waals surface area contributed by atoms with Crippen LogP contribution in [0.4, 0.5) is 5.69 Å². The van der Waals surface area contributed by atoms with Crippen molar-refractivity contribution in [1.82, 2.24) is 10.3 Å². The molecule has 1 aromatic heterocycles. The molecule has 0 saturated heterocycles. The average Bonchev–Trinajstić information content (AvgIpc) is 2.66. The molecule has 0 saturated carbocycles. The van der Waals surface area contributed by atoms with E-state index < -0.39 is 15.9 Å². The van der Waals surface area contributed by atoms with E-state index in [4.69, 9.17) is 4.74 Å². The van der Waals surface area contributed by atoms with Crippen molar-refractivity contribution in [3.63, 3.8) is 0 Å². The molecule has 1 amide bonds. The van der Waals surface area contributed by atoms with Crippen LogP contribution in [0, 0.1) is 0 Å². The van der Waals surface area contributed by atoms with Crippen molar-refractivity contribution >= 4 is 32.5 Å². The number of hydrogen-bond acceptors (Lipinski definition) is 5. The number of benzene rings is 2. The maximum atomic E-state index is 12.8. The fourth-order valence-corrected chi connectivity index (χ4v) is 3.74. The fourth-order valence-electron chi connectivity index (χ4n) is 2.51.